The smallest absolute Gasteiger partial charge is 1.00 e. The molecular formula is HAl2Cl7O. The third-order valence-corrected chi connectivity index (χ3v) is 0. The third-order valence-electron chi connectivity index (χ3n) is 0. The summed E-state index contributed by atoms with van der Waals surface area (Å²) in [5, 5.41) is 0. The molecule has 0 aromatic rings. The van der Waals surface area contributed by atoms with Crippen LogP contribution in [0, 0.1) is 0 Å². The molecule has 0 aliphatic carbocycles. The van der Waals surface area contributed by atoms with Gasteiger partial charge in [-0.2, -0.15) is 0 Å². The van der Waals surface area contributed by atoms with E-state index in [0.29, 0.717) is 0 Å². The van der Waals surface area contributed by atoms with E-state index in [0.717, 1.165) is 0 Å². The number of hydrogen-bond acceptors (Lipinski definition) is 1. The topological polar surface area (TPSA) is 20.2 Å². The second-order valence-electron chi connectivity index (χ2n) is 0. The molecule has 0 bridgehead atoms. The van der Waals surface area contributed by atoms with Gasteiger partial charge in [0.1, 0.15) is 0 Å². The summed E-state index contributed by atoms with van der Waals surface area (Å²) in [5.41, 5.74) is 0. The van der Waals surface area contributed by atoms with E-state index >= 15 is 0 Å². The fourth-order valence-corrected chi connectivity index (χ4v) is 0. The minimum Gasteiger partial charge on any atom is -1.00 e. The van der Waals surface area contributed by atoms with Crippen molar-refractivity contribution in [3.05, 3.63) is 0 Å². The molecule has 0 saturated heterocycles. The van der Waals surface area contributed by atoms with Gasteiger partial charge in [0.2, 0.25) is 0 Å². The maximum Gasteiger partial charge on any atom is 3.00 e. The number of rotatable bonds is 0. The van der Waals surface area contributed by atoms with Crippen LogP contribution in [0.1, 0.15) is 0 Å². The van der Waals surface area contributed by atoms with Crippen LogP contribution in [0.3, 0.4) is 0 Å². The molecule has 0 fully saturated rings. The Morgan fingerprint density at radius 3 is 0.500 bits per heavy atom. The molecule has 1 nitrogen and oxygen atoms in total. The van der Waals surface area contributed by atoms with Crippen molar-refractivity contribution in [3.8, 4) is 0 Å². The summed E-state index contributed by atoms with van der Waals surface area (Å²) in [7, 11) is 0. The van der Waals surface area contributed by atoms with Gasteiger partial charge in [-0.25, -0.2) is 0 Å². The Morgan fingerprint density at radius 1 is 0.500 bits per heavy atom. The standard InChI is InChI=1S/2Al.ClHO.6ClH/c;;1-2;;;;;;/h;;2H;6*1H/q2*+3;;;;;;;/p-6. The number of hydrogen-bond donors (Lipinski definition) is 1. The van der Waals surface area contributed by atoms with Gasteiger partial charge in [0, 0.05) is 0 Å². The normalized spacial score (nSPS) is 0.600. The van der Waals surface area contributed by atoms with Gasteiger partial charge >= 0.3 is 34.7 Å². The Hall–Kier alpha value is 3.05. The molecule has 0 aliphatic heterocycles. The van der Waals surface area contributed by atoms with Crippen molar-refractivity contribution in [3.63, 3.8) is 0 Å². The van der Waals surface area contributed by atoms with Crippen LogP contribution in [-0.4, -0.2) is 39.4 Å². The van der Waals surface area contributed by atoms with Gasteiger partial charge in [0.15, 0.2) is 0 Å². The Labute approximate surface area is 124 Å². The maximum absolute atomic E-state index is 6.47. The van der Waals surface area contributed by atoms with Crippen LogP contribution >= 0.6 is 11.9 Å². The molecule has 0 radical (unpaired) electrons. The van der Waals surface area contributed by atoms with Gasteiger partial charge < -0.3 is 74.4 Å². The summed E-state index contributed by atoms with van der Waals surface area (Å²) in [5.74, 6) is 0. The monoisotopic (exact) mass is 316 g/mol. The van der Waals surface area contributed by atoms with Crippen LogP contribution in [0.15, 0.2) is 0 Å². The molecule has 10 heteroatoms. The van der Waals surface area contributed by atoms with Crippen molar-refractivity contribution >= 4 is 46.6 Å². The van der Waals surface area contributed by atoms with Crippen molar-refractivity contribution in [2.24, 2.45) is 0 Å². The predicted octanol–water partition coefficient (Wildman–Crippen LogP) is -18.6. The van der Waals surface area contributed by atoms with Gasteiger partial charge in [-0.3, -0.25) is 4.66 Å². The Balaban J connectivity index is -0.000000000179. The average molecular weight is 319 g/mol. The quantitative estimate of drug-likeness (QED) is 0.440. The van der Waals surface area contributed by atoms with Crippen molar-refractivity contribution in [1.29, 1.82) is 0 Å². The van der Waals surface area contributed by atoms with E-state index in [4.69, 9.17) is 4.66 Å². The van der Waals surface area contributed by atoms with E-state index in [2.05, 4.69) is 11.9 Å². The van der Waals surface area contributed by atoms with Gasteiger partial charge in [-0.05, 0) is 0 Å². The minimum atomic E-state index is 0. The first-order chi connectivity index (χ1) is 1.00. The molecule has 1 N–H and O–H groups in total. The van der Waals surface area contributed by atoms with Gasteiger partial charge in [-0.1, -0.05) is 0 Å². The van der Waals surface area contributed by atoms with Gasteiger partial charge in [0.05, 0.1) is 11.9 Å². The molecule has 0 spiro atoms. The van der Waals surface area contributed by atoms with Crippen molar-refractivity contribution in [1.82, 2.24) is 0 Å². The summed E-state index contributed by atoms with van der Waals surface area (Å²) in [6.07, 6.45) is 0. The van der Waals surface area contributed by atoms with Crippen LogP contribution < -0.4 is 74.4 Å². The summed E-state index contributed by atoms with van der Waals surface area (Å²) < 4.78 is 6.47. The largest absolute Gasteiger partial charge is 3.00 e. The molecule has 0 heterocycles. The summed E-state index contributed by atoms with van der Waals surface area (Å²) >= 11 is 3.64. The molecule has 10 heavy (non-hydrogen) atoms. The van der Waals surface area contributed by atoms with Crippen molar-refractivity contribution < 1.29 is 79.1 Å². The molecule has 0 amide bonds. The van der Waals surface area contributed by atoms with E-state index in [1.807, 2.05) is 0 Å². The minimum absolute atomic E-state index is 0. The van der Waals surface area contributed by atoms with Crippen molar-refractivity contribution in [2.45, 2.75) is 0 Å². The van der Waals surface area contributed by atoms with Crippen LogP contribution in [0.25, 0.3) is 0 Å². The van der Waals surface area contributed by atoms with Gasteiger partial charge in [-0.15, -0.1) is 0 Å². The molecule has 0 aromatic carbocycles. The zero-order valence-electron chi connectivity index (χ0n) is 4.25. The maximum atomic E-state index is 6.47. The first-order valence-corrected chi connectivity index (χ1v) is 0.507. The number of halogens is 7. The molecule has 0 atom stereocenters. The zero-order chi connectivity index (χ0) is 2.00. The Kier molecular flexibility index (Phi) is 1820. The molecule has 62 valence electrons. The SMILES string of the molecule is OCl.[Al+3].[Al+3].[Cl-].[Cl-].[Cl-].[Cl-].[Cl-].[Cl-]. The fourth-order valence-electron chi connectivity index (χ4n) is 0. The average Bonchev–Trinajstić information content (AvgIpc) is 1.00. The van der Waals surface area contributed by atoms with Gasteiger partial charge in [0.25, 0.3) is 0 Å². The molecule has 0 aliphatic rings. The van der Waals surface area contributed by atoms with E-state index in [1.54, 1.807) is 0 Å². The first-order valence-electron chi connectivity index (χ1n) is 0.169. The first kappa shape index (κ1) is 115. The summed E-state index contributed by atoms with van der Waals surface area (Å²) in [4.78, 5) is 0. The summed E-state index contributed by atoms with van der Waals surface area (Å²) in [6.45, 7) is 0. The van der Waals surface area contributed by atoms with Crippen LogP contribution in [-0.2, 0) is 0 Å². The Bertz CT molecular complexity index is 11.6. The predicted molar refractivity (Wildman–Crippen MR) is 19.6 cm³/mol. The second-order valence-corrected chi connectivity index (χ2v) is 0. The molecule has 0 aromatic heterocycles. The van der Waals surface area contributed by atoms with Crippen LogP contribution in [0.4, 0.5) is 0 Å². The van der Waals surface area contributed by atoms with Crippen LogP contribution in [0.2, 0.25) is 0 Å². The van der Waals surface area contributed by atoms with E-state index in [9.17, 15) is 0 Å². The van der Waals surface area contributed by atoms with E-state index in [-0.39, 0.29) is 109 Å². The van der Waals surface area contributed by atoms with Crippen molar-refractivity contribution in [2.75, 3.05) is 0 Å². The van der Waals surface area contributed by atoms with E-state index < -0.39 is 0 Å². The third kappa shape index (κ3) is 120. The second kappa shape index (κ2) is 158. The summed E-state index contributed by atoms with van der Waals surface area (Å²) in [6, 6.07) is 0. The van der Waals surface area contributed by atoms with Crippen LogP contribution in [0.5, 0.6) is 0 Å². The molecular weight excluding hydrogens is 318 g/mol. The zero-order valence-corrected chi connectivity index (χ0v) is 11.8. The Morgan fingerprint density at radius 2 is 0.500 bits per heavy atom. The fraction of sp³-hybridized carbons (Fsp3) is 0. The molecule has 0 unspecified atom stereocenters. The molecule has 0 rings (SSSR count). The van der Waals surface area contributed by atoms with E-state index in [1.165, 1.54) is 0 Å². The molecule has 0 saturated carbocycles.